The summed E-state index contributed by atoms with van der Waals surface area (Å²) >= 11 is 5.33. The summed E-state index contributed by atoms with van der Waals surface area (Å²) in [5.41, 5.74) is 7.45. The number of phenols is 1. The van der Waals surface area contributed by atoms with Crippen molar-refractivity contribution < 1.29 is 9.90 Å². The lowest BCUT2D eigenvalue weighted by Gasteiger charge is -2.19. The van der Waals surface area contributed by atoms with Crippen LogP contribution >= 0.6 is 38.5 Å². The molecule has 2 aromatic carbocycles. The van der Waals surface area contributed by atoms with Crippen molar-refractivity contribution in [1.29, 1.82) is 0 Å². The van der Waals surface area contributed by atoms with E-state index in [1.165, 1.54) is 11.0 Å². The second-order valence-electron chi connectivity index (χ2n) is 4.23. The molecule has 104 valence electrons. The molecular weight excluding hydrogens is 435 g/mol. The summed E-state index contributed by atoms with van der Waals surface area (Å²) in [5.74, 6) is -0.139. The number of nitrogens with zero attached hydrogens (tertiary/aromatic N) is 1. The van der Waals surface area contributed by atoms with Gasteiger partial charge in [0.25, 0.3) is 5.91 Å². The van der Waals surface area contributed by atoms with E-state index in [1.54, 1.807) is 31.3 Å². The van der Waals surface area contributed by atoms with Crippen molar-refractivity contribution in [2.45, 2.75) is 0 Å². The highest BCUT2D eigenvalue weighted by Crippen LogP contribution is 2.28. The van der Waals surface area contributed by atoms with Crippen molar-refractivity contribution in [2.24, 2.45) is 0 Å². The fourth-order valence-corrected chi connectivity index (χ4v) is 2.49. The fraction of sp³-hybridized carbons (Fsp3) is 0.0714. The number of hydrogen-bond acceptors (Lipinski definition) is 3. The Morgan fingerprint density at radius 1 is 1.30 bits per heavy atom. The van der Waals surface area contributed by atoms with Gasteiger partial charge in [-0.05, 0) is 59.0 Å². The van der Waals surface area contributed by atoms with E-state index < -0.39 is 0 Å². The van der Waals surface area contributed by atoms with Crippen LogP contribution in [-0.2, 0) is 0 Å². The zero-order valence-corrected chi connectivity index (χ0v) is 14.3. The average molecular weight is 447 g/mol. The third-order valence-electron chi connectivity index (χ3n) is 2.85. The molecular formula is C14H12BrIN2O2. The molecule has 0 bridgehead atoms. The summed E-state index contributed by atoms with van der Waals surface area (Å²) in [5, 5.41) is 9.68. The van der Waals surface area contributed by atoms with Crippen LogP contribution in [0.3, 0.4) is 0 Å². The Hall–Kier alpha value is -1.28. The molecule has 0 heterocycles. The van der Waals surface area contributed by atoms with Crippen LogP contribution in [0.5, 0.6) is 5.75 Å². The summed E-state index contributed by atoms with van der Waals surface area (Å²) in [6.07, 6.45) is 0. The monoisotopic (exact) mass is 446 g/mol. The number of carbonyl (C=O) groups is 1. The van der Waals surface area contributed by atoms with Gasteiger partial charge in [-0.1, -0.05) is 15.9 Å². The van der Waals surface area contributed by atoms with Gasteiger partial charge in [-0.25, -0.2) is 0 Å². The maximum Gasteiger partial charge on any atom is 0.258 e. The number of anilines is 2. The lowest BCUT2D eigenvalue weighted by molar-refractivity contribution is 0.0992. The van der Waals surface area contributed by atoms with E-state index in [4.69, 9.17) is 5.73 Å². The average Bonchev–Trinajstić information content (AvgIpc) is 2.40. The molecule has 0 aliphatic carbocycles. The first kappa shape index (κ1) is 15.1. The summed E-state index contributed by atoms with van der Waals surface area (Å²) in [4.78, 5) is 13.9. The van der Waals surface area contributed by atoms with Crippen LogP contribution in [0.4, 0.5) is 11.4 Å². The van der Waals surface area contributed by atoms with E-state index in [9.17, 15) is 9.90 Å². The highest BCUT2D eigenvalue weighted by atomic mass is 127. The highest BCUT2D eigenvalue weighted by molar-refractivity contribution is 14.1. The minimum atomic E-state index is -0.231. The van der Waals surface area contributed by atoms with Crippen molar-refractivity contribution in [1.82, 2.24) is 0 Å². The van der Waals surface area contributed by atoms with E-state index in [0.29, 0.717) is 20.5 Å². The molecule has 4 nitrogen and oxygen atoms in total. The number of rotatable bonds is 2. The van der Waals surface area contributed by atoms with E-state index in [0.717, 1.165) is 4.47 Å². The Kier molecular flexibility index (Phi) is 4.54. The predicted octanol–water partition coefficient (Wildman–Crippen LogP) is 3.62. The van der Waals surface area contributed by atoms with Crippen LogP contribution in [0.25, 0.3) is 0 Å². The number of halogens is 2. The number of hydrogen-bond donors (Lipinski definition) is 2. The van der Waals surface area contributed by atoms with Gasteiger partial charge in [0, 0.05) is 17.1 Å². The molecule has 0 aliphatic heterocycles. The standard InChI is InChI=1S/C14H12BrIN2O2/c1-18(12-5-3-9(15)7-11(12)17)14(20)8-2-4-10(16)13(19)6-8/h2-7,19H,17H2,1H3. The molecule has 0 aliphatic rings. The van der Waals surface area contributed by atoms with Gasteiger partial charge in [-0.2, -0.15) is 0 Å². The number of nitrogen functional groups attached to an aromatic ring is 1. The van der Waals surface area contributed by atoms with E-state index in [2.05, 4.69) is 15.9 Å². The molecule has 0 unspecified atom stereocenters. The first-order valence-corrected chi connectivity index (χ1v) is 7.59. The number of benzene rings is 2. The molecule has 2 rings (SSSR count). The normalized spacial score (nSPS) is 10.3. The number of amides is 1. The molecule has 3 N–H and O–H groups in total. The maximum absolute atomic E-state index is 12.4. The Balaban J connectivity index is 2.34. The van der Waals surface area contributed by atoms with E-state index in [-0.39, 0.29) is 11.7 Å². The van der Waals surface area contributed by atoms with E-state index >= 15 is 0 Å². The third-order valence-corrected chi connectivity index (χ3v) is 4.25. The van der Waals surface area contributed by atoms with Gasteiger partial charge in [0.15, 0.2) is 0 Å². The second kappa shape index (κ2) is 6.01. The van der Waals surface area contributed by atoms with Crippen LogP contribution in [0, 0.1) is 3.57 Å². The Labute approximate surface area is 138 Å². The molecule has 20 heavy (non-hydrogen) atoms. The molecule has 0 spiro atoms. The fourth-order valence-electron chi connectivity index (χ4n) is 1.78. The molecule has 0 radical (unpaired) electrons. The van der Waals surface area contributed by atoms with Crippen LogP contribution in [0.15, 0.2) is 40.9 Å². The summed E-state index contributed by atoms with van der Waals surface area (Å²) in [6.45, 7) is 0. The smallest absolute Gasteiger partial charge is 0.258 e. The predicted molar refractivity (Wildman–Crippen MR) is 92.1 cm³/mol. The van der Waals surface area contributed by atoms with Gasteiger partial charge in [0.05, 0.1) is 14.9 Å². The van der Waals surface area contributed by atoms with Gasteiger partial charge < -0.3 is 15.7 Å². The number of phenolic OH excluding ortho intramolecular Hbond substituents is 1. The highest BCUT2D eigenvalue weighted by Gasteiger charge is 2.16. The van der Waals surface area contributed by atoms with Gasteiger partial charge >= 0.3 is 0 Å². The van der Waals surface area contributed by atoms with Crippen molar-refractivity contribution >= 4 is 55.8 Å². The van der Waals surface area contributed by atoms with E-state index in [1.807, 2.05) is 28.7 Å². The van der Waals surface area contributed by atoms with Crippen LogP contribution in [-0.4, -0.2) is 18.1 Å². The molecule has 0 aromatic heterocycles. The molecule has 1 amide bonds. The molecule has 6 heteroatoms. The minimum absolute atomic E-state index is 0.0913. The Bertz CT molecular complexity index is 676. The van der Waals surface area contributed by atoms with Gasteiger partial charge in [-0.15, -0.1) is 0 Å². The minimum Gasteiger partial charge on any atom is -0.507 e. The SMILES string of the molecule is CN(C(=O)c1ccc(I)c(O)c1)c1ccc(Br)cc1N. The number of carbonyl (C=O) groups excluding carboxylic acids is 1. The second-order valence-corrected chi connectivity index (χ2v) is 6.31. The van der Waals surface area contributed by atoms with Crippen molar-refractivity contribution in [3.63, 3.8) is 0 Å². The first-order chi connectivity index (χ1) is 9.40. The number of nitrogens with two attached hydrogens (primary N) is 1. The summed E-state index contributed by atoms with van der Waals surface area (Å²) < 4.78 is 1.55. The maximum atomic E-state index is 12.4. The topological polar surface area (TPSA) is 66.6 Å². The first-order valence-electron chi connectivity index (χ1n) is 5.71. The van der Waals surface area contributed by atoms with Gasteiger partial charge in [0.2, 0.25) is 0 Å². The van der Waals surface area contributed by atoms with Gasteiger partial charge in [-0.3, -0.25) is 4.79 Å². The molecule has 0 fully saturated rings. The van der Waals surface area contributed by atoms with Crippen LogP contribution in [0.1, 0.15) is 10.4 Å². The summed E-state index contributed by atoms with van der Waals surface area (Å²) in [6, 6.07) is 10.2. The quantitative estimate of drug-likeness (QED) is 0.547. The van der Waals surface area contributed by atoms with Gasteiger partial charge in [0.1, 0.15) is 5.75 Å². The zero-order chi connectivity index (χ0) is 14.9. The lowest BCUT2D eigenvalue weighted by atomic mass is 10.1. The lowest BCUT2D eigenvalue weighted by Crippen LogP contribution is -2.27. The summed E-state index contributed by atoms with van der Waals surface area (Å²) in [7, 11) is 1.65. The molecule has 0 atom stereocenters. The van der Waals surface area contributed by atoms with Crippen molar-refractivity contribution in [2.75, 3.05) is 17.7 Å². The van der Waals surface area contributed by atoms with Crippen LogP contribution in [0.2, 0.25) is 0 Å². The number of aromatic hydroxyl groups is 1. The van der Waals surface area contributed by atoms with Crippen molar-refractivity contribution in [3.05, 3.63) is 50.0 Å². The van der Waals surface area contributed by atoms with Crippen LogP contribution < -0.4 is 10.6 Å². The Morgan fingerprint density at radius 2 is 2.00 bits per heavy atom. The Morgan fingerprint density at radius 3 is 2.60 bits per heavy atom. The zero-order valence-electron chi connectivity index (χ0n) is 10.6. The largest absolute Gasteiger partial charge is 0.507 e. The molecule has 2 aromatic rings. The third kappa shape index (κ3) is 3.06. The molecule has 0 saturated heterocycles. The molecule has 0 saturated carbocycles. The van der Waals surface area contributed by atoms with Crippen molar-refractivity contribution in [3.8, 4) is 5.75 Å².